The molecule has 116 valence electrons. The molecule has 0 radical (unpaired) electrons. The molecule has 1 aromatic carbocycles. The molecule has 23 heavy (non-hydrogen) atoms. The van der Waals surface area contributed by atoms with Crippen molar-refractivity contribution in [1.29, 1.82) is 5.26 Å². The summed E-state index contributed by atoms with van der Waals surface area (Å²) in [6.45, 7) is 1.45. The quantitative estimate of drug-likeness (QED) is 0.695. The summed E-state index contributed by atoms with van der Waals surface area (Å²) in [6.07, 6.45) is 2.82. The summed E-state index contributed by atoms with van der Waals surface area (Å²) in [4.78, 5) is 25.0. The molecule has 0 unspecified atom stereocenters. The first kappa shape index (κ1) is 16.0. The minimum atomic E-state index is -0.550. The Morgan fingerprint density at radius 1 is 1.30 bits per heavy atom. The molecule has 0 aliphatic heterocycles. The number of amides is 2. The highest BCUT2D eigenvalue weighted by Gasteiger charge is 2.12. The Hall–Kier alpha value is -3.33. The van der Waals surface area contributed by atoms with E-state index in [9.17, 15) is 9.59 Å². The zero-order valence-electron chi connectivity index (χ0n) is 12.7. The van der Waals surface area contributed by atoms with Crippen LogP contribution in [-0.4, -0.2) is 18.9 Å². The topological polar surface area (TPSA) is 86.3 Å². The lowest BCUT2D eigenvalue weighted by Gasteiger charge is -2.16. The molecule has 1 aromatic heterocycles. The van der Waals surface area contributed by atoms with E-state index >= 15 is 0 Å². The maximum atomic E-state index is 12.2. The van der Waals surface area contributed by atoms with E-state index < -0.39 is 5.91 Å². The van der Waals surface area contributed by atoms with E-state index in [0.29, 0.717) is 17.1 Å². The minimum absolute atomic E-state index is 0.0784. The van der Waals surface area contributed by atoms with Crippen LogP contribution < -0.4 is 10.2 Å². The van der Waals surface area contributed by atoms with E-state index in [1.807, 2.05) is 6.07 Å². The third-order valence-electron chi connectivity index (χ3n) is 3.16. The lowest BCUT2D eigenvalue weighted by Crippen LogP contribution is -2.23. The summed E-state index contributed by atoms with van der Waals surface area (Å²) in [6, 6.07) is 12.0. The van der Waals surface area contributed by atoms with Crippen LogP contribution in [0.3, 0.4) is 0 Å². The van der Waals surface area contributed by atoms with Gasteiger partial charge in [-0.15, -0.1) is 0 Å². The Balaban J connectivity index is 2.18. The van der Waals surface area contributed by atoms with Gasteiger partial charge in [-0.1, -0.05) is 6.07 Å². The number of hydrogen-bond acceptors (Lipinski definition) is 4. The smallest absolute Gasteiger partial charge is 0.266 e. The molecule has 6 heteroatoms. The molecule has 0 saturated heterocycles. The normalized spacial score (nSPS) is 10.7. The fourth-order valence-corrected chi connectivity index (χ4v) is 1.84. The highest BCUT2D eigenvalue weighted by atomic mass is 16.3. The van der Waals surface area contributed by atoms with Gasteiger partial charge in [0.25, 0.3) is 5.91 Å². The highest BCUT2D eigenvalue weighted by molar-refractivity contribution is 6.09. The lowest BCUT2D eigenvalue weighted by molar-refractivity contribution is -0.116. The number of nitrogens with zero attached hydrogens (tertiary/aromatic N) is 2. The van der Waals surface area contributed by atoms with Gasteiger partial charge < -0.3 is 14.6 Å². The number of carbonyl (C=O) groups excluding carboxylic acids is 2. The van der Waals surface area contributed by atoms with Crippen LogP contribution in [0.5, 0.6) is 0 Å². The van der Waals surface area contributed by atoms with Crippen molar-refractivity contribution in [3.8, 4) is 6.07 Å². The fraction of sp³-hybridized carbons (Fsp3) is 0.118. The van der Waals surface area contributed by atoms with Crippen molar-refractivity contribution in [2.45, 2.75) is 6.92 Å². The van der Waals surface area contributed by atoms with Crippen LogP contribution >= 0.6 is 0 Å². The van der Waals surface area contributed by atoms with Crippen molar-refractivity contribution in [3.63, 3.8) is 0 Å². The number of carbonyl (C=O) groups is 2. The van der Waals surface area contributed by atoms with Crippen molar-refractivity contribution in [2.24, 2.45) is 0 Å². The Kier molecular flexibility index (Phi) is 4.95. The maximum Gasteiger partial charge on any atom is 0.266 e. The predicted octanol–water partition coefficient (Wildman–Crippen LogP) is 2.81. The number of furan rings is 1. The summed E-state index contributed by atoms with van der Waals surface area (Å²) in [7, 11) is 1.64. The van der Waals surface area contributed by atoms with Crippen LogP contribution in [0, 0.1) is 11.3 Å². The highest BCUT2D eigenvalue weighted by Crippen LogP contribution is 2.19. The van der Waals surface area contributed by atoms with Crippen molar-refractivity contribution < 1.29 is 14.0 Å². The third kappa shape index (κ3) is 4.08. The summed E-state index contributed by atoms with van der Waals surface area (Å²) in [5, 5.41) is 11.7. The average Bonchev–Trinajstić information content (AvgIpc) is 3.05. The molecule has 0 bridgehead atoms. The molecular weight excluding hydrogens is 294 g/mol. The van der Waals surface area contributed by atoms with E-state index in [4.69, 9.17) is 9.68 Å². The van der Waals surface area contributed by atoms with Gasteiger partial charge in [-0.2, -0.15) is 5.26 Å². The number of hydrogen-bond donors (Lipinski definition) is 1. The summed E-state index contributed by atoms with van der Waals surface area (Å²) in [5.41, 5.74) is 1.05. The summed E-state index contributed by atoms with van der Waals surface area (Å²) in [5.74, 6) is -0.253. The van der Waals surface area contributed by atoms with Gasteiger partial charge in [0.2, 0.25) is 5.91 Å². The number of nitriles is 1. The van der Waals surface area contributed by atoms with E-state index in [1.165, 1.54) is 24.2 Å². The molecule has 2 aromatic rings. The van der Waals surface area contributed by atoms with Crippen molar-refractivity contribution in [2.75, 3.05) is 17.3 Å². The molecule has 0 fully saturated rings. The molecule has 6 nitrogen and oxygen atoms in total. The Morgan fingerprint density at radius 3 is 2.70 bits per heavy atom. The van der Waals surface area contributed by atoms with Gasteiger partial charge in [0, 0.05) is 31.4 Å². The molecule has 2 rings (SSSR count). The first-order valence-electron chi connectivity index (χ1n) is 6.82. The molecule has 2 amide bonds. The molecule has 0 aliphatic carbocycles. The second-order valence-corrected chi connectivity index (χ2v) is 4.77. The number of anilines is 2. The second kappa shape index (κ2) is 7.09. The zero-order valence-corrected chi connectivity index (χ0v) is 12.7. The van der Waals surface area contributed by atoms with E-state index in [2.05, 4.69) is 5.32 Å². The van der Waals surface area contributed by atoms with Gasteiger partial charge in [-0.05, 0) is 30.3 Å². The number of benzene rings is 1. The largest absolute Gasteiger partial charge is 0.465 e. The maximum absolute atomic E-state index is 12.2. The third-order valence-corrected chi connectivity index (χ3v) is 3.16. The lowest BCUT2D eigenvalue weighted by atomic mass is 10.2. The van der Waals surface area contributed by atoms with Crippen LogP contribution in [0.4, 0.5) is 11.4 Å². The van der Waals surface area contributed by atoms with Crippen molar-refractivity contribution >= 4 is 29.3 Å². The Morgan fingerprint density at radius 2 is 2.09 bits per heavy atom. The predicted molar refractivity (Wildman–Crippen MR) is 86.5 cm³/mol. The van der Waals surface area contributed by atoms with Crippen LogP contribution in [0.1, 0.15) is 12.7 Å². The second-order valence-electron chi connectivity index (χ2n) is 4.77. The first-order chi connectivity index (χ1) is 11.0. The average molecular weight is 309 g/mol. The summed E-state index contributed by atoms with van der Waals surface area (Å²) < 4.78 is 5.09. The fourth-order valence-electron chi connectivity index (χ4n) is 1.84. The molecule has 0 aliphatic rings. The molecule has 0 atom stereocenters. The monoisotopic (exact) mass is 309 g/mol. The molecule has 0 spiro atoms. The zero-order chi connectivity index (χ0) is 16.8. The van der Waals surface area contributed by atoms with Gasteiger partial charge in [-0.3, -0.25) is 9.59 Å². The van der Waals surface area contributed by atoms with E-state index in [0.717, 1.165) is 0 Å². The SMILES string of the molecule is CC(=O)N(C)c1cccc(NC(=O)/C(C#N)=C\c2ccco2)c1. The van der Waals surface area contributed by atoms with E-state index in [1.54, 1.807) is 43.4 Å². The standard InChI is InChI=1S/C17H15N3O3/c1-12(21)20(2)15-6-3-5-14(10-15)19-17(22)13(11-18)9-16-7-4-8-23-16/h3-10H,1-2H3,(H,19,22)/b13-9-. The van der Waals surface area contributed by atoms with Crippen LogP contribution in [0.25, 0.3) is 6.08 Å². The molecular formula is C17H15N3O3. The van der Waals surface area contributed by atoms with Crippen LogP contribution in [0.2, 0.25) is 0 Å². The first-order valence-corrected chi connectivity index (χ1v) is 6.82. The molecule has 0 saturated carbocycles. The van der Waals surface area contributed by atoms with Gasteiger partial charge in [0.05, 0.1) is 6.26 Å². The van der Waals surface area contributed by atoms with Gasteiger partial charge in [0.15, 0.2) is 0 Å². The van der Waals surface area contributed by atoms with Crippen LogP contribution in [-0.2, 0) is 9.59 Å². The molecule has 1 N–H and O–H groups in total. The van der Waals surface area contributed by atoms with Gasteiger partial charge in [0.1, 0.15) is 17.4 Å². The molecule has 1 heterocycles. The minimum Gasteiger partial charge on any atom is -0.465 e. The van der Waals surface area contributed by atoms with Crippen LogP contribution in [0.15, 0.2) is 52.7 Å². The summed E-state index contributed by atoms with van der Waals surface area (Å²) >= 11 is 0. The van der Waals surface area contributed by atoms with Gasteiger partial charge >= 0.3 is 0 Å². The van der Waals surface area contributed by atoms with Gasteiger partial charge in [-0.25, -0.2) is 0 Å². The number of rotatable bonds is 4. The Bertz CT molecular complexity index is 786. The number of nitrogens with one attached hydrogen (secondary N) is 1. The van der Waals surface area contributed by atoms with Crippen molar-refractivity contribution in [3.05, 3.63) is 54.0 Å². The van der Waals surface area contributed by atoms with E-state index in [-0.39, 0.29) is 11.5 Å². The van der Waals surface area contributed by atoms with Crippen molar-refractivity contribution in [1.82, 2.24) is 0 Å². The Labute approximate surface area is 133 Å².